The van der Waals surface area contributed by atoms with Gasteiger partial charge in [0.1, 0.15) is 5.58 Å². The van der Waals surface area contributed by atoms with Gasteiger partial charge in [0.05, 0.1) is 23.0 Å². The molecule has 1 unspecified atom stereocenters. The summed E-state index contributed by atoms with van der Waals surface area (Å²) >= 11 is 6.12. The Morgan fingerprint density at radius 1 is 1.00 bits per heavy atom. The van der Waals surface area contributed by atoms with Gasteiger partial charge in [-0.25, -0.2) is 4.79 Å². The van der Waals surface area contributed by atoms with Crippen LogP contribution in [0.1, 0.15) is 37.4 Å². The molecule has 2 heterocycles. The summed E-state index contributed by atoms with van der Waals surface area (Å²) in [5.41, 5.74) is 4.53. The second kappa shape index (κ2) is 9.35. The van der Waals surface area contributed by atoms with Crippen molar-refractivity contribution in [3.8, 4) is 0 Å². The Hall–Kier alpha value is -3.57. The van der Waals surface area contributed by atoms with E-state index >= 15 is 0 Å². The van der Waals surface area contributed by atoms with Crippen LogP contribution in [0, 0.1) is 0 Å². The van der Waals surface area contributed by atoms with Gasteiger partial charge >= 0.3 is 5.63 Å². The molecular formula is C28H26ClN3O2. The Labute approximate surface area is 203 Å². The van der Waals surface area contributed by atoms with E-state index in [9.17, 15) is 4.79 Å². The lowest BCUT2D eigenvalue weighted by Gasteiger charge is -2.24. The molecule has 0 bridgehead atoms. The van der Waals surface area contributed by atoms with Crippen molar-refractivity contribution in [2.24, 2.45) is 5.10 Å². The SMILES string of the molecule is CCN(CC)c1ccc2cc(C3=NN(c4ccccc4)C(c4ccc(Cl)cc4)C3)c(=O)oc2c1. The molecule has 1 aromatic heterocycles. The van der Waals surface area contributed by atoms with Crippen molar-refractivity contribution in [1.29, 1.82) is 0 Å². The molecule has 0 aliphatic carbocycles. The van der Waals surface area contributed by atoms with E-state index in [2.05, 4.69) is 24.8 Å². The van der Waals surface area contributed by atoms with Gasteiger partial charge in [0, 0.05) is 41.7 Å². The minimum Gasteiger partial charge on any atom is -0.422 e. The minimum atomic E-state index is -0.368. The fourth-order valence-corrected chi connectivity index (χ4v) is 4.65. The maximum atomic E-state index is 13.1. The van der Waals surface area contributed by atoms with E-state index in [1.165, 1.54) is 0 Å². The fraction of sp³-hybridized carbons (Fsp3) is 0.214. The van der Waals surface area contributed by atoms with E-state index in [0.717, 1.165) is 35.4 Å². The van der Waals surface area contributed by atoms with Crippen LogP contribution in [0.3, 0.4) is 0 Å². The third kappa shape index (κ3) is 4.19. The van der Waals surface area contributed by atoms with Gasteiger partial charge in [-0.15, -0.1) is 0 Å². The predicted octanol–water partition coefficient (Wildman–Crippen LogP) is 6.65. The van der Waals surface area contributed by atoms with Crippen LogP contribution < -0.4 is 15.5 Å². The van der Waals surface area contributed by atoms with Gasteiger partial charge in [0.15, 0.2) is 0 Å². The summed E-state index contributed by atoms with van der Waals surface area (Å²) < 4.78 is 5.78. The summed E-state index contributed by atoms with van der Waals surface area (Å²) in [5, 5.41) is 8.45. The van der Waals surface area contributed by atoms with Crippen molar-refractivity contribution in [2.75, 3.05) is 23.0 Å². The Morgan fingerprint density at radius 3 is 2.44 bits per heavy atom. The van der Waals surface area contributed by atoms with Crippen molar-refractivity contribution >= 4 is 39.7 Å². The highest BCUT2D eigenvalue weighted by Gasteiger charge is 2.31. The smallest absolute Gasteiger partial charge is 0.345 e. The second-order valence-electron chi connectivity index (χ2n) is 8.34. The highest BCUT2D eigenvalue weighted by atomic mass is 35.5. The largest absolute Gasteiger partial charge is 0.422 e. The van der Waals surface area contributed by atoms with Crippen molar-refractivity contribution in [1.82, 2.24) is 0 Å². The topological polar surface area (TPSA) is 49.0 Å². The monoisotopic (exact) mass is 471 g/mol. The van der Waals surface area contributed by atoms with E-state index in [-0.39, 0.29) is 11.7 Å². The highest BCUT2D eigenvalue weighted by molar-refractivity contribution is 6.30. The zero-order chi connectivity index (χ0) is 23.7. The van der Waals surface area contributed by atoms with Crippen LogP contribution >= 0.6 is 11.6 Å². The molecule has 0 radical (unpaired) electrons. The summed E-state index contributed by atoms with van der Waals surface area (Å²) in [6.45, 7) is 6.01. The number of fused-ring (bicyclic) bond motifs is 1. The Balaban J connectivity index is 1.56. The first kappa shape index (κ1) is 22.2. The number of hydrogen-bond acceptors (Lipinski definition) is 5. The van der Waals surface area contributed by atoms with Gasteiger partial charge in [-0.3, -0.25) is 5.01 Å². The van der Waals surface area contributed by atoms with Crippen molar-refractivity contribution < 1.29 is 4.42 Å². The van der Waals surface area contributed by atoms with Crippen LogP contribution in [0.4, 0.5) is 11.4 Å². The molecule has 4 aromatic rings. The molecule has 0 fully saturated rings. The van der Waals surface area contributed by atoms with Gasteiger partial charge < -0.3 is 9.32 Å². The molecule has 1 atom stereocenters. The lowest BCUT2D eigenvalue weighted by Crippen LogP contribution is -2.21. The zero-order valence-electron chi connectivity index (χ0n) is 19.2. The van der Waals surface area contributed by atoms with E-state index in [0.29, 0.717) is 28.3 Å². The molecule has 6 heteroatoms. The first-order chi connectivity index (χ1) is 16.6. The molecule has 0 saturated carbocycles. The quantitative estimate of drug-likeness (QED) is 0.295. The molecule has 0 saturated heterocycles. The number of rotatable bonds is 6. The van der Waals surface area contributed by atoms with Crippen molar-refractivity contribution in [2.45, 2.75) is 26.3 Å². The number of anilines is 2. The molecule has 0 amide bonds. The molecule has 3 aromatic carbocycles. The number of hydrazone groups is 1. The predicted molar refractivity (Wildman–Crippen MR) is 140 cm³/mol. The molecule has 172 valence electrons. The van der Waals surface area contributed by atoms with Crippen LogP contribution in [0.25, 0.3) is 11.0 Å². The Morgan fingerprint density at radius 2 is 1.74 bits per heavy atom. The maximum absolute atomic E-state index is 13.1. The molecule has 34 heavy (non-hydrogen) atoms. The van der Waals surface area contributed by atoms with E-state index in [1.807, 2.05) is 77.8 Å². The molecule has 5 nitrogen and oxygen atoms in total. The molecule has 1 aliphatic rings. The molecule has 0 N–H and O–H groups in total. The molecule has 5 rings (SSSR count). The number of hydrogen-bond donors (Lipinski definition) is 0. The van der Waals surface area contributed by atoms with Crippen LogP contribution in [-0.4, -0.2) is 18.8 Å². The van der Waals surface area contributed by atoms with Crippen molar-refractivity contribution in [3.63, 3.8) is 0 Å². The summed E-state index contributed by atoms with van der Waals surface area (Å²) in [6, 6.07) is 25.7. The molecular weight excluding hydrogens is 446 g/mol. The standard InChI is InChI=1S/C28H26ClN3O2/c1-3-31(4-2)23-15-12-20-16-24(28(33)34-27(20)17-23)25-18-26(19-10-13-21(29)14-11-19)32(30-25)22-8-6-5-7-9-22/h5-17,26H,3-4,18H2,1-2H3. The average molecular weight is 472 g/mol. The van der Waals surface area contributed by atoms with Gasteiger partial charge in [0.25, 0.3) is 0 Å². The van der Waals surface area contributed by atoms with E-state index < -0.39 is 0 Å². The first-order valence-corrected chi connectivity index (χ1v) is 12.0. The van der Waals surface area contributed by atoms with Gasteiger partial charge in [-0.05, 0) is 61.9 Å². The Bertz CT molecular complexity index is 1390. The normalized spacial score (nSPS) is 15.6. The van der Waals surface area contributed by atoms with Gasteiger partial charge in [-0.1, -0.05) is 41.9 Å². The first-order valence-electron chi connectivity index (χ1n) is 11.6. The highest BCUT2D eigenvalue weighted by Crippen LogP contribution is 2.37. The fourth-order valence-electron chi connectivity index (χ4n) is 4.52. The summed E-state index contributed by atoms with van der Waals surface area (Å²) in [6.07, 6.45) is 0.588. The minimum absolute atomic E-state index is 0.0465. The average Bonchev–Trinajstić information content (AvgIpc) is 3.30. The number of nitrogens with zero attached hydrogens (tertiary/aromatic N) is 3. The van der Waals surface area contributed by atoms with Gasteiger partial charge in [0.2, 0.25) is 0 Å². The third-order valence-corrected chi connectivity index (χ3v) is 6.60. The second-order valence-corrected chi connectivity index (χ2v) is 8.78. The van der Waals surface area contributed by atoms with Crippen molar-refractivity contribution in [3.05, 3.63) is 105 Å². The van der Waals surface area contributed by atoms with Gasteiger partial charge in [-0.2, -0.15) is 5.10 Å². The molecule has 0 spiro atoms. The summed E-state index contributed by atoms with van der Waals surface area (Å²) in [5.74, 6) is 0. The maximum Gasteiger partial charge on any atom is 0.345 e. The summed E-state index contributed by atoms with van der Waals surface area (Å²) in [4.78, 5) is 15.3. The van der Waals surface area contributed by atoms with Crippen LogP contribution in [0.5, 0.6) is 0 Å². The number of halogens is 1. The van der Waals surface area contributed by atoms with E-state index in [1.54, 1.807) is 0 Å². The number of para-hydroxylation sites is 1. The van der Waals surface area contributed by atoms with Crippen LogP contribution in [0.15, 0.2) is 93.2 Å². The third-order valence-electron chi connectivity index (χ3n) is 6.34. The number of benzene rings is 3. The lowest BCUT2D eigenvalue weighted by molar-refractivity contribution is 0.559. The lowest BCUT2D eigenvalue weighted by atomic mass is 9.98. The summed E-state index contributed by atoms with van der Waals surface area (Å²) in [7, 11) is 0. The Kier molecular flexibility index (Phi) is 6.12. The van der Waals surface area contributed by atoms with E-state index in [4.69, 9.17) is 21.1 Å². The van der Waals surface area contributed by atoms with Crippen LogP contribution in [0.2, 0.25) is 5.02 Å². The zero-order valence-corrected chi connectivity index (χ0v) is 20.0. The molecule has 1 aliphatic heterocycles. The van der Waals surface area contributed by atoms with Crippen LogP contribution in [-0.2, 0) is 0 Å².